The maximum atomic E-state index is 12.5. The molecule has 1 amide bonds. The molecule has 8 heteroatoms. The van der Waals surface area contributed by atoms with E-state index >= 15 is 0 Å². The third-order valence-corrected chi connectivity index (χ3v) is 5.11. The van der Waals surface area contributed by atoms with Crippen molar-refractivity contribution in [2.24, 2.45) is 5.10 Å². The molecule has 2 aromatic rings. The first-order valence-electron chi connectivity index (χ1n) is 8.37. The molecule has 1 heterocycles. The number of hydrogen-bond donors (Lipinski definition) is 1. The fourth-order valence-electron chi connectivity index (χ4n) is 2.61. The molecule has 1 atom stereocenters. The monoisotopic (exact) mass is 404 g/mol. The standard InChI is InChI=1S/C20H24N2O5S/c1-7-14-10-17(28-12(14)2)19(27-6)20(23)22-21-11-13-8-15(24-3)18(26-5)16(9-13)25-4/h7-11,19H,1H2,2-6H3,(H,22,23). The van der Waals surface area contributed by atoms with Gasteiger partial charge in [-0.15, -0.1) is 11.3 Å². The number of thiophene rings is 1. The van der Waals surface area contributed by atoms with Gasteiger partial charge in [0.25, 0.3) is 5.91 Å². The Kier molecular flexibility index (Phi) is 7.60. The number of carbonyl (C=O) groups is 1. The highest BCUT2D eigenvalue weighted by molar-refractivity contribution is 7.12. The van der Waals surface area contributed by atoms with Crippen LogP contribution in [-0.2, 0) is 9.53 Å². The number of rotatable bonds is 9. The van der Waals surface area contributed by atoms with E-state index in [1.165, 1.54) is 46.0 Å². The SMILES string of the molecule is C=Cc1cc(C(OC)C(=O)NN=Cc2cc(OC)c(OC)c(OC)c2)sc1C. The molecular weight excluding hydrogens is 380 g/mol. The van der Waals surface area contributed by atoms with Crippen molar-refractivity contribution >= 4 is 29.5 Å². The molecule has 0 aliphatic heterocycles. The van der Waals surface area contributed by atoms with Crippen LogP contribution >= 0.6 is 11.3 Å². The van der Waals surface area contributed by atoms with Crippen LogP contribution in [0, 0.1) is 6.92 Å². The highest BCUT2D eigenvalue weighted by Crippen LogP contribution is 2.37. The summed E-state index contributed by atoms with van der Waals surface area (Å²) in [7, 11) is 6.08. The Bertz CT molecular complexity index is 850. The van der Waals surface area contributed by atoms with E-state index in [1.807, 2.05) is 13.0 Å². The molecule has 0 radical (unpaired) electrons. The minimum absolute atomic E-state index is 0.372. The fraction of sp³-hybridized carbons (Fsp3) is 0.300. The summed E-state index contributed by atoms with van der Waals surface area (Å²) in [5.41, 5.74) is 4.16. The van der Waals surface area contributed by atoms with Crippen LogP contribution in [0.25, 0.3) is 6.08 Å². The topological polar surface area (TPSA) is 78.4 Å². The second-order valence-electron chi connectivity index (χ2n) is 5.67. The smallest absolute Gasteiger partial charge is 0.274 e. The van der Waals surface area contributed by atoms with E-state index in [2.05, 4.69) is 17.1 Å². The lowest BCUT2D eigenvalue weighted by Gasteiger charge is -2.13. The van der Waals surface area contributed by atoms with Gasteiger partial charge in [-0.3, -0.25) is 4.79 Å². The summed E-state index contributed by atoms with van der Waals surface area (Å²) in [5.74, 6) is 1.10. The molecule has 1 unspecified atom stereocenters. The van der Waals surface area contributed by atoms with Gasteiger partial charge >= 0.3 is 0 Å². The highest BCUT2D eigenvalue weighted by atomic mass is 32.1. The number of ether oxygens (including phenoxy) is 4. The van der Waals surface area contributed by atoms with Crippen LogP contribution < -0.4 is 19.6 Å². The number of hydrazone groups is 1. The van der Waals surface area contributed by atoms with E-state index in [4.69, 9.17) is 18.9 Å². The molecule has 7 nitrogen and oxygen atoms in total. The van der Waals surface area contributed by atoms with Gasteiger partial charge in [0.1, 0.15) is 0 Å². The Hall–Kier alpha value is -2.84. The summed E-state index contributed by atoms with van der Waals surface area (Å²) in [4.78, 5) is 14.3. The Morgan fingerprint density at radius 1 is 1.14 bits per heavy atom. The summed E-state index contributed by atoms with van der Waals surface area (Å²) in [6.07, 6.45) is 2.49. The van der Waals surface area contributed by atoms with Gasteiger partial charge in [0, 0.05) is 22.4 Å². The maximum Gasteiger partial charge on any atom is 0.274 e. The molecule has 1 aromatic carbocycles. The number of aryl methyl sites for hydroxylation is 1. The Morgan fingerprint density at radius 2 is 1.79 bits per heavy atom. The van der Waals surface area contributed by atoms with E-state index in [0.29, 0.717) is 22.8 Å². The quantitative estimate of drug-likeness (QED) is 0.511. The first kappa shape index (κ1) is 21.5. The fourth-order valence-corrected chi connectivity index (χ4v) is 3.72. The molecule has 0 spiro atoms. The molecule has 0 aliphatic carbocycles. The van der Waals surface area contributed by atoms with Crippen LogP contribution in [0.5, 0.6) is 17.2 Å². The predicted octanol–water partition coefficient (Wildman–Crippen LogP) is 3.56. The number of nitrogens with one attached hydrogen (secondary N) is 1. The van der Waals surface area contributed by atoms with Crippen LogP contribution in [-0.4, -0.2) is 40.6 Å². The van der Waals surface area contributed by atoms with Crippen molar-refractivity contribution in [2.75, 3.05) is 28.4 Å². The van der Waals surface area contributed by atoms with E-state index in [-0.39, 0.29) is 5.91 Å². The first-order valence-corrected chi connectivity index (χ1v) is 9.19. The molecule has 1 aromatic heterocycles. The molecular formula is C20H24N2O5S. The summed E-state index contributed by atoms with van der Waals surface area (Å²) in [5, 5.41) is 4.02. The zero-order chi connectivity index (χ0) is 20.7. The maximum absolute atomic E-state index is 12.5. The van der Waals surface area contributed by atoms with Crippen molar-refractivity contribution in [2.45, 2.75) is 13.0 Å². The average molecular weight is 404 g/mol. The third-order valence-electron chi connectivity index (χ3n) is 4.00. The van der Waals surface area contributed by atoms with Crippen molar-refractivity contribution in [3.05, 3.63) is 45.7 Å². The van der Waals surface area contributed by atoms with Crippen LogP contribution in [0.1, 0.15) is 27.0 Å². The van der Waals surface area contributed by atoms with Gasteiger partial charge < -0.3 is 18.9 Å². The number of nitrogens with zero attached hydrogens (tertiary/aromatic N) is 1. The van der Waals surface area contributed by atoms with E-state index in [9.17, 15) is 4.79 Å². The molecule has 150 valence electrons. The van der Waals surface area contributed by atoms with Crippen molar-refractivity contribution in [3.63, 3.8) is 0 Å². The van der Waals surface area contributed by atoms with Crippen LogP contribution in [0.4, 0.5) is 0 Å². The first-order chi connectivity index (χ1) is 13.5. The predicted molar refractivity (Wildman–Crippen MR) is 111 cm³/mol. The lowest BCUT2D eigenvalue weighted by Crippen LogP contribution is -2.26. The van der Waals surface area contributed by atoms with Gasteiger partial charge in [0.2, 0.25) is 5.75 Å². The Morgan fingerprint density at radius 3 is 2.25 bits per heavy atom. The number of benzene rings is 1. The van der Waals surface area contributed by atoms with Crippen LogP contribution in [0.3, 0.4) is 0 Å². The zero-order valence-corrected chi connectivity index (χ0v) is 17.4. The number of methoxy groups -OCH3 is 4. The lowest BCUT2D eigenvalue weighted by atomic mass is 10.2. The average Bonchev–Trinajstić information content (AvgIpc) is 3.07. The summed E-state index contributed by atoms with van der Waals surface area (Å²) >= 11 is 1.49. The summed E-state index contributed by atoms with van der Waals surface area (Å²) < 4.78 is 21.2. The van der Waals surface area contributed by atoms with Crippen LogP contribution in [0.2, 0.25) is 0 Å². The molecule has 1 N–H and O–H groups in total. The van der Waals surface area contributed by atoms with E-state index in [1.54, 1.807) is 18.2 Å². The van der Waals surface area contributed by atoms with E-state index < -0.39 is 6.10 Å². The Balaban J connectivity index is 2.16. The highest BCUT2D eigenvalue weighted by Gasteiger charge is 2.22. The van der Waals surface area contributed by atoms with Gasteiger partial charge in [-0.25, -0.2) is 5.43 Å². The second kappa shape index (κ2) is 9.91. The summed E-state index contributed by atoms with van der Waals surface area (Å²) in [6, 6.07) is 5.34. The van der Waals surface area contributed by atoms with Crippen molar-refractivity contribution in [1.82, 2.24) is 5.43 Å². The molecule has 0 bridgehead atoms. The minimum atomic E-state index is -0.755. The van der Waals surface area contributed by atoms with Crippen molar-refractivity contribution < 1.29 is 23.7 Å². The molecule has 2 rings (SSSR count). The van der Waals surface area contributed by atoms with Crippen LogP contribution in [0.15, 0.2) is 29.9 Å². The lowest BCUT2D eigenvalue weighted by molar-refractivity contribution is -0.131. The van der Waals surface area contributed by atoms with Crippen molar-refractivity contribution in [1.29, 1.82) is 0 Å². The zero-order valence-electron chi connectivity index (χ0n) is 16.6. The molecule has 0 saturated heterocycles. The van der Waals surface area contributed by atoms with Gasteiger partial charge in [-0.05, 0) is 30.7 Å². The van der Waals surface area contributed by atoms with Crippen molar-refractivity contribution in [3.8, 4) is 17.2 Å². The normalized spacial score (nSPS) is 11.9. The number of amides is 1. The third kappa shape index (κ3) is 4.71. The molecule has 0 aliphatic rings. The summed E-state index contributed by atoms with van der Waals surface area (Å²) in [6.45, 7) is 5.74. The number of hydrogen-bond acceptors (Lipinski definition) is 7. The molecule has 0 saturated carbocycles. The minimum Gasteiger partial charge on any atom is -0.493 e. The number of carbonyl (C=O) groups excluding carboxylic acids is 1. The van der Waals surface area contributed by atoms with Gasteiger partial charge in [-0.1, -0.05) is 12.7 Å². The van der Waals surface area contributed by atoms with Gasteiger partial charge in [0.15, 0.2) is 17.6 Å². The Labute approximate surface area is 168 Å². The molecule has 28 heavy (non-hydrogen) atoms. The largest absolute Gasteiger partial charge is 0.493 e. The van der Waals surface area contributed by atoms with Gasteiger partial charge in [0.05, 0.1) is 27.5 Å². The molecule has 0 fully saturated rings. The van der Waals surface area contributed by atoms with E-state index in [0.717, 1.165) is 15.3 Å². The van der Waals surface area contributed by atoms with Gasteiger partial charge in [-0.2, -0.15) is 5.10 Å². The second-order valence-corrected chi connectivity index (χ2v) is 6.96.